The van der Waals surface area contributed by atoms with Crippen LogP contribution in [0, 0.1) is 0 Å². The van der Waals surface area contributed by atoms with Gasteiger partial charge in [-0.2, -0.15) is 11.3 Å². The van der Waals surface area contributed by atoms with E-state index < -0.39 is 15.9 Å². The number of aliphatic hydroxyl groups is 1. The number of hydrogen-bond donors (Lipinski definition) is 1. The zero-order chi connectivity index (χ0) is 16.0. The molecule has 1 atom stereocenters. The molecule has 120 valence electrons. The SMILES string of the molecule is CS(=O)(=O)CCN(Cc1ccccc1)CC(O)c1ccsc1. The van der Waals surface area contributed by atoms with Crippen molar-refractivity contribution in [3.63, 3.8) is 0 Å². The van der Waals surface area contributed by atoms with E-state index in [1.165, 1.54) is 6.26 Å². The summed E-state index contributed by atoms with van der Waals surface area (Å²) < 4.78 is 22.8. The van der Waals surface area contributed by atoms with E-state index in [1.54, 1.807) is 11.3 Å². The molecule has 2 aromatic rings. The van der Waals surface area contributed by atoms with Gasteiger partial charge in [0.05, 0.1) is 11.9 Å². The molecule has 1 unspecified atom stereocenters. The van der Waals surface area contributed by atoms with Crippen LogP contribution in [-0.2, 0) is 16.4 Å². The van der Waals surface area contributed by atoms with Gasteiger partial charge < -0.3 is 5.11 Å². The number of sulfone groups is 1. The maximum Gasteiger partial charge on any atom is 0.148 e. The van der Waals surface area contributed by atoms with E-state index in [0.29, 0.717) is 19.6 Å². The van der Waals surface area contributed by atoms with Gasteiger partial charge in [-0.3, -0.25) is 4.90 Å². The molecule has 0 saturated carbocycles. The summed E-state index contributed by atoms with van der Waals surface area (Å²) in [5, 5.41) is 14.1. The molecule has 0 amide bonds. The standard InChI is InChI=1S/C16H21NO3S2/c1-22(19,20)10-8-17(11-14-5-3-2-4-6-14)12-16(18)15-7-9-21-13-15/h2-7,9,13,16,18H,8,10-12H2,1H3. The van der Waals surface area contributed by atoms with E-state index in [2.05, 4.69) is 0 Å². The molecule has 6 heteroatoms. The largest absolute Gasteiger partial charge is 0.387 e. The summed E-state index contributed by atoms with van der Waals surface area (Å²) in [5.41, 5.74) is 1.98. The fraction of sp³-hybridized carbons (Fsp3) is 0.375. The topological polar surface area (TPSA) is 57.6 Å². The molecule has 22 heavy (non-hydrogen) atoms. The van der Waals surface area contributed by atoms with Crippen molar-refractivity contribution >= 4 is 21.2 Å². The van der Waals surface area contributed by atoms with Crippen LogP contribution in [0.15, 0.2) is 47.2 Å². The molecule has 4 nitrogen and oxygen atoms in total. The first-order chi connectivity index (χ1) is 10.4. The van der Waals surface area contributed by atoms with Crippen molar-refractivity contribution in [3.05, 3.63) is 58.3 Å². The Kier molecular flexibility index (Phi) is 6.14. The molecule has 1 N–H and O–H groups in total. The summed E-state index contributed by atoms with van der Waals surface area (Å²) in [6.07, 6.45) is 0.637. The first-order valence-electron chi connectivity index (χ1n) is 7.08. The maximum atomic E-state index is 11.4. The predicted octanol–water partition coefficient (Wildman–Crippen LogP) is 2.33. The number of hydrogen-bond acceptors (Lipinski definition) is 5. The average Bonchev–Trinajstić information content (AvgIpc) is 2.99. The van der Waals surface area contributed by atoms with Crippen molar-refractivity contribution in [2.24, 2.45) is 0 Å². The molecule has 0 aliphatic carbocycles. The molecule has 0 aliphatic heterocycles. The van der Waals surface area contributed by atoms with Crippen molar-refractivity contribution in [3.8, 4) is 0 Å². The average molecular weight is 339 g/mol. The van der Waals surface area contributed by atoms with Gasteiger partial charge in [-0.15, -0.1) is 0 Å². The summed E-state index contributed by atoms with van der Waals surface area (Å²) in [7, 11) is -3.02. The van der Waals surface area contributed by atoms with Gasteiger partial charge in [-0.1, -0.05) is 30.3 Å². The Morgan fingerprint density at radius 2 is 1.95 bits per heavy atom. The Bertz CT molecular complexity index is 654. The zero-order valence-corrected chi connectivity index (χ0v) is 14.2. The molecule has 1 aromatic carbocycles. The van der Waals surface area contributed by atoms with Crippen LogP contribution in [0.1, 0.15) is 17.2 Å². The van der Waals surface area contributed by atoms with Gasteiger partial charge in [0.25, 0.3) is 0 Å². The molecule has 0 spiro atoms. The minimum absolute atomic E-state index is 0.0934. The lowest BCUT2D eigenvalue weighted by Crippen LogP contribution is -2.32. The Balaban J connectivity index is 2.03. The first kappa shape index (κ1) is 17.1. The van der Waals surface area contributed by atoms with E-state index in [1.807, 2.05) is 52.1 Å². The fourth-order valence-electron chi connectivity index (χ4n) is 2.19. The second kappa shape index (κ2) is 7.87. The van der Waals surface area contributed by atoms with Crippen molar-refractivity contribution < 1.29 is 13.5 Å². The van der Waals surface area contributed by atoms with E-state index in [9.17, 15) is 13.5 Å². The van der Waals surface area contributed by atoms with Crippen LogP contribution in [0.2, 0.25) is 0 Å². The molecular weight excluding hydrogens is 318 g/mol. The van der Waals surface area contributed by atoms with E-state index in [-0.39, 0.29) is 5.75 Å². The highest BCUT2D eigenvalue weighted by Crippen LogP contribution is 2.18. The molecule has 1 heterocycles. The van der Waals surface area contributed by atoms with Crippen molar-refractivity contribution in [2.45, 2.75) is 12.6 Å². The van der Waals surface area contributed by atoms with Crippen LogP contribution in [0.5, 0.6) is 0 Å². The third kappa shape index (κ3) is 5.88. The lowest BCUT2D eigenvalue weighted by molar-refractivity contribution is 0.113. The molecule has 0 radical (unpaired) electrons. The lowest BCUT2D eigenvalue weighted by atomic mass is 10.1. The van der Waals surface area contributed by atoms with Gasteiger partial charge in [0.1, 0.15) is 9.84 Å². The van der Waals surface area contributed by atoms with E-state index >= 15 is 0 Å². The number of aliphatic hydroxyl groups excluding tert-OH is 1. The second-order valence-corrected chi connectivity index (χ2v) is 8.46. The van der Waals surface area contributed by atoms with Crippen LogP contribution in [0.3, 0.4) is 0 Å². The smallest absolute Gasteiger partial charge is 0.148 e. The molecular formula is C16H21NO3S2. The van der Waals surface area contributed by atoms with Crippen molar-refractivity contribution in [1.29, 1.82) is 0 Å². The van der Waals surface area contributed by atoms with Crippen LogP contribution in [-0.4, -0.2) is 43.5 Å². The Labute approximate surface area is 135 Å². The van der Waals surface area contributed by atoms with Crippen molar-refractivity contribution in [2.75, 3.05) is 25.1 Å². The number of thiophene rings is 1. The van der Waals surface area contributed by atoms with Gasteiger partial charge in [-0.05, 0) is 28.0 Å². The van der Waals surface area contributed by atoms with Gasteiger partial charge >= 0.3 is 0 Å². The highest BCUT2D eigenvalue weighted by atomic mass is 32.2. The van der Waals surface area contributed by atoms with Gasteiger partial charge in [0.15, 0.2) is 0 Å². The minimum atomic E-state index is -3.02. The summed E-state index contributed by atoms with van der Waals surface area (Å²) >= 11 is 1.54. The summed E-state index contributed by atoms with van der Waals surface area (Å²) in [5.74, 6) is 0.0934. The van der Waals surface area contributed by atoms with E-state index in [0.717, 1.165) is 11.1 Å². The third-order valence-electron chi connectivity index (χ3n) is 3.39. The van der Waals surface area contributed by atoms with Crippen LogP contribution < -0.4 is 0 Å². The van der Waals surface area contributed by atoms with Crippen LogP contribution in [0.4, 0.5) is 0 Å². The predicted molar refractivity (Wildman–Crippen MR) is 90.7 cm³/mol. The molecule has 0 fully saturated rings. The summed E-state index contributed by atoms with van der Waals surface area (Å²) in [6.45, 7) is 1.45. The molecule has 0 saturated heterocycles. The zero-order valence-electron chi connectivity index (χ0n) is 12.6. The number of benzene rings is 1. The fourth-order valence-corrected chi connectivity index (χ4v) is 3.48. The molecule has 2 rings (SSSR count). The van der Waals surface area contributed by atoms with Crippen LogP contribution >= 0.6 is 11.3 Å². The minimum Gasteiger partial charge on any atom is -0.387 e. The highest BCUT2D eigenvalue weighted by molar-refractivity contribution is 7.90. The third-order valence-corrected chi connectivity index (χ3v) is 5.01. The summed E-state index contributed by atoms with van der Waals surface area (Å²) in [4.78, 5) is 1.98. The van der Waals surface area contributed by atoms with Gasteiger partial charge in [-0.25, -0.2) is 8.42 Å². The lowest BCUT2D eigenvalue weighted by Gasteiger charge is -2.24. The van der Waals surface area contributed by atoms with Crippen molar-refractivity contribution in [1.82, 2.24) is 4.90 Å². The molecule has 1 aromatic heterocycles. The van der Waals surface area contributed by atoms with Gasteiger partial charge in [0.2, 0.25) is 0 Å². The summed E-state index contributed by atoms with van der Waals surface area (Å²) in [6, 6.07) is 11.8. The second-order valence-electron chi connectivity index (χ2n) is 5.42. The highest BCUT2D eigenvalue weighted by Gasteiger charge is 2.16. The number of nitrogens with zero attached hydrogens (tertiary/aromatic N) is 1. The van der Waals surface area contributed by atoms with E-state index in [4.69, 9.17) is 0 Å². The Morgan fingerprint density at radius 1 is 1.23 bits per heavy atom. The number of rotatable bonds is 8. The maximum absolute atomic E-state index is 11.4. The first-order valence-corrected chi connectivity index (χ1v) is 10.1. The quantitative estimate of drug-likeness (QED) is 0.802. The van der Waals surface area contributed by atoms with Gasteiger partial charge in [0, 0.05) is 25.9 Å². The monoisotopic (exact) mass is 339 g/mol. The normalized spacial score (nSPS) is 13.4. The molecule has 0 aliphatic rings. The Morgan fingerprint density at radius 3 is 2.55 bits per heavy atom. The Hall–Kier alpha value is -1.21. The van der Waals surface area contributed by atoms with Crippen LogP contribution in [0.25, 0.3) is 0 Å². The molecule has 0 bridgehead atoms.